The van der Waals surface area contributed by atoms with Crippen LogP contribution in [0.4, 0.5) is 14.5 Å². The van der Waals surface area contributed by atoms with Crippen LogP contribution >= 0.6 is 23.2 Å². The van der Waals surface area contributed by atoms with Crippen LogP contribution < -0.4 is 10.6 Å². The third-order valence-corrected chi connectivity index (χ3v) is 6.33. The van der Waals surface area contributed by atoms with Gasteiger partial charge in [0, 0.05) is 45.5 Å². The average molecular weight is 528 g/mol. The van der Waals surface area contributed by atoms with E-state index in [-0.39, 0.29) is 27.0 Å². The Morgan fingerprint density at radius 2 is 1.89 bits per heavy atom. The first-order valence-electron chi connectivity index (χ1n) is 10.7. The van der Waals surface area contributed by atoms with Gasteiger partial charge < -0.3 is 10.6 Å². The summed E-state index contributed by atoms with van der Waals surface area (Å²) in [5.74, 6) is -2.42. The number of amides is 2. The highest BCUT2D eigenvalue weighted by molar-refractivity contribution is 6.31. The summed E-state index contributed by atoms with van der Waals surface area (Å²) in [5.41, 5.74) is 2.50. The summed E-state index contributed by atoms with van der Waals surface area (Å²) < 4.78 is 29.6. The third kappa shape index (κ3) is 4.31. The van der Waals surface area contributed by atoms with Crippen LogP contribution in [0.25, 0.3) is 11.3 Å². The largest absolute Gasteiger partial charge is 0.340 e. The number of nitrogens with zero attached hydrogens (tertiary/aromatic N) is 3. The summed E-state index contributed by atoms with van der Waals surface area (Å²) >= 11 is 12.3. The molecule has 0 aliphatic carbocycles. The Morgan fingerprint density at radius 3 is 2.58 bits per heavy atom. The van der Waals surface area contributed by atoms with Crippen LogP contribution in [0.5, 0.6) is 0 Å². The highest BCUT2D eigenvalue weighted by Gasteiger charge is 2.36. The van der Waals surface area contributed by atoms with Gasteiger partial charge in [0.2, 0.25) is 0 Å². The van der Waals surface area contributed by atoms with Gasteiger partial charge in [-0.15, -0.1) is 0 Å². The minimum absolute atomic E-state index is 0.0257. The second-order valence-electron chi connectivity index (χ2n) is 8.30. The van der Waals surface area contributed by atoms with Gasteiger partial charge in [-0.2, -0.15) is 5.10 Å². The van der Waals surface area contributed by atoms with E-state index in [2.05, 4.69) is 20.7 Å². The number of anilines is 1. The highest BCUT2D eigenvalue weighted by atomic mass is 35.5. The Balaban J connectivity index is 1.69. The molecule has 0 fully saturated rings. The van der Waals surface area contributed by atoms with E-state index in [9.17, 15) is 18.4 Å². The van der Waals surface area contributed by atoms with Crippen molar-refractivity contribution in [2.24, 2.45) is 7.05 Å². The minimum Gasteiger partial charge on any atom is -0.340 e. The topological polar surface area (TPSA) is 88.9 Å². The van der Waals surface area contributed by atoms with E-state index in [0.717, 1.165) is 12.1 Å². The summed E-state index contributed by atoms with van der Waals surface area (Å²) in [7, 11) is 1.74. The van der Waals surface area contributed by atoms with E-state index < -0.39 is 29.5 Å². The number of hydrogen-bond donors (Lipinski definition) is 2. The summed E-state index contributed by atoms with van der Waals surface area (Å²) in [6, 6.07) is 7.92. The molecule has 2 N–H and O–H groups in total. The lowest BCUT2D eigenvalue weighted by Crippen LogP contribution is -2.21. The average Bonchev–Trinajstić information content (AvgIpc) is 3.33. The van der Waals surface area contributed by atoms with E-state index in [1.54, 1.807) is 30.9 Å². The summed E-state index contributed by atoms with van der Waals surface area (Å²) in [6.45, 7) is 1.78. The van der Waals surface area contributed by atoms with Crippen molar-refractivity contribution in [1.29, 1.82) is 0 Å². The van der Waals surface area contributed by atoms with Gasteiger partial charge >= 0.3 is 0 Å². The molecule has 0 saturated heterocycles. The van der Waals surface area contributed by atoms with Gasteiger partial charge in [-0.3, -0.25) is 14.3 Å². The number of aryl methyl sites for hydroxylation is 2. The molecule has 3 heterocycles. The van der Waals surface area contributed by atoms with Crippen LogP contribution in [0.2, 0.25) is 10.0 Å². The van der Waals surface area contributed by atoms with E-state index >= 15 is 0 Å². The number of rotatable bonds is 4. The van der Waals surface area contributed by atoms with Crippen molar-refractivity contribution in [3.8, 4) is 11.3 Å². The number of pyridine rings is 1. The molecule has 1 aliphatic heterocycles. The molecule has 1 atom stereocenters. The van der Waals surface area contributed by atoms with Crippen LogP contribution in [-0.2, 0) is 7.05 Å². The number of halogens is 4. The predicted octanol–water partition coefficient (Wildman–Crippen LogP) is 5.46. The van der Waals surface area contributed by atoms with Crippen molar-refractivity contribution >= 4 is 40.7 Å². The zero-order chi connectivity index (χ0) is 25.7. The van der Waals surface area contributed by atoms with E-state index in [4.69, 9.17) is 23.2 Å². The smallest absolute Gasteiger partial charge is 0.271 e. The number of fused-ring (bicyclic) bond motifs is 1. The lowest BCUT2D eigenvalue weighted by Gasteiger charge is -2.18. The standard InChI is InChI=1S/C25H17Cl2F2N5O2/c1-11-17(10-34(2)33-11)19-9-20(31-24(35)12-5-13(26)7-15(29)6-12)21-22(32-25(36)23(21)30-19)16-8-14(28)3-4-18(16)27/h3-10,22H,1-2H3,(H,32,36)(H,30,31,35). The molecule has 1 aliphatic rings. The van der Waals surface area contributed by atoms with Crippen LogP contribution in [0.3, 0.4) is 0 Å². The van der Waals surface area contributed by atoms with Gasteiger partial charge in [0.25, 0.3) is 11.8 Å². The van der Waals surface area contributed by atoms with Crippen LogP contribution in [0, 0.1) is 18.6 Å². The fourth-order valence-electron chi connectivity index (χ4n) is 4.23. The lowest BCUT2D eigenvalue weighted by atomic mass is 9.97. The second kappa shape index (κ2) is 9.00. The quantitative estimate of drug-likeness (QED) is 0.368. The van der Waals surface area contributed by atoms with Gasteiger partial charge in [-0.05, 0) is 49.4 Å². The van der Waals surface area contributed by atoms with Gasteiger partial charge in [-0.1, -0.05) is 23.2 Å². The molecule has 2 aromatic carbocycles. The Hall–Kier alpha value is -3.82. The third-order valence-electron chi connectivity index (χ3n) is 5.77. The van der Waals surface area contributed by atoms with Gasteiger partial charge in [0.1, 0.15) is 17.3 Å². The molecule has 1 unspecified atom stereocenters. The molecule has 0 radical (unpaired) electrons. The van der Waals surface area contributed by atoms with Crippen molar-refractivity contribution in [2.75, 3.05) is 5.32 Å². The molecule has 5 rings (SSSR count). The maximum Gasteiger partial charge on any atom is 0.271 e. The highest BCUT2D eigenvalue weighted by Crippen LogP contribution is 2.40. The number of aromatic nitrogens is 3. The Labute approximate surface area is 214 Å². The van der Waals surface area contributed by atoms with Crippen LogP contribution in [-0.4, -0.2) is 26.6 Å². The van der Waals surface area contributed by atoms with Crippen molar-refractivity contribution in [1.82, 2.24) is 20.1 Å². The fourth-order valence-corrected chi connectivity index (χ4v) is 4.68. The molecule has 182 valence electrons. The van der Waals surface area contributed by atoms with E-state index in [1.165, 1.54) is 24.3 Å². The first-order valence-corrected chi connectivity index (χ1v) is 11.4. The number of carbonyl (C=O) groups excluding carboxylic acids is 2. The maximum absolute atomic E-state index is 14.1. The van der Waals surface area contributed by atoms with E-state index in [1.807, 2.05) is 0 Å². The zero-order valence-electron chi connectivity index (χ0n) is 18.9. The molecule has 11 heteroatoms. The van der Waals surface area contributed by atoms with Crippen molar-refractivity contribution in [3.63, 3.8) is 0 Å². The molecular weight excluding hydrogens is 511 g/mol. The van der Waals surface area contributed by atoms with Crippen molar-refractivity contribution in [3.05, 3.63) is 98.4 Å². The molecule has 2 aromatic heterocycles. The number of carbonyl (C=O) groups is 2. The van der Waals surface area contributed by atoms with Crippen LogP contribution in [0.15, 0.2) is 48.7 Å². The van der Waals surface area contributed by atoms with Crippen LogP contribution in [0.1, 0.15) is 43.7 Å². The normalized spacial score (nSPS) is 14.5. The first kappa shape index (κ1) is 23.9. The number of benzene rings is 2. The molecular formula is C25H17Cl2F2N5O2. The van der Waals surface area contributed by atoms with E-state index in [0.29, 0.717) is 28.1 Å². The molecule has 36 heavy (non-hydrogen) atoms. The number of nitrogens with one attached hydrogen (secondary N) is 2. The van der Waals surface area contributed by atoms with Gasteiger partial charge in [0.05, 0.1) is 23.1 Å². The van der Waals surface area contributed by atoms with Gasteiger partial charge in [-0.25, -0.2) is 13.8 Å². The monoisotopic (exact) mass is 527 g/mol. The summed E-state index contributed by atoms with van der Waals surface area (Å²) in [6.07, 6.45) is 1.73. The first-order chi connectivity index (χ1) is 17.1. The predicted molar refractivity (Wildman–Crippen MR) is 131 cm³/mol. The minimum atomic E-state index is -0.890. The molecule has 0 saturated carbocycles. The van der Waals surface area contributed by atoms with Gasteiger partial charge in [0.15, 0.2) is 0 Å². The number of hydrogen-bond acceptors (Lipinski definition) is 4. The molecule has 0 spiro atoms. The Bertz CT molecular complexity index is 1550. The lowest BCUT2D eigenvalue weighted by molar-refractivity contribution is 0.0955. The SMILES string of the molecule is Cc1nn(C)cc1-c1cc(NC(=O)c2cc(F)cc(Cl)c2)c2c(n1)C(=O)NC2c1cc(F)ccc1Cl. The summed E-state index contributed by atoms with van der Waals surface area (Å²) in [5, 5.41) is 10.1. The molecule has 7 nitrogen and oxygen atoms in total. The van der Waals surface area contributed by atoms with Crippen molar-refractivity contribution < 1.29 is 18.4 Å². The maximum atomic E-state index is 14.1. The molecule has 4 aromatic rings. The second-order valence-corrected chi connectivity index (χ2v) is 9.15. The Kier molecular flexibility index (Phi) is 5.97. The summed E-state index contributed by atoms with van der Waals surface area (Å²) in [4.78, 5) is 30.7. The molecule has 2 amide bonds. The fraction of sp³-hybridized carbons (Fsp3) is 0.120. The zero-order valence-corrected chi connectivity index (χ0v) is 20.4. The Morgan fingerprint density at radius 1 is 1.11 bits per heavy atom. The van der Waals surface area contributed by atoms with Crippen molar-refractivity contribution in [2.45, 2.75) is 13.0 Å². The molecule has 0 bridgehead atoms.